The van der Waals surface area contributed by atoms with Crippen LogP contribution in [-0.2, 0) is 30.6 Å². The molecule has 2 amide bonds. The van der Waals surface area contributed by atoms with E-state index in [-0.39, 0.29) is 67.5 Å². The summed E-state index contributed by atoms with van der Waals surface area (Å²) in [5.74, 6) is -2.44. The summed E-state index contributed by atoms with van der Waals surface area (Å²) in [6.07, 6.45) is -10.0. The van der Waals surface area contributed by atoms with E-state index in [1.54, 1.807) is 30.3 Å². The minimum Gasteiger partial charge on any atom is -0.338 e. The lowest BCUT2D eigenvalue weighted by Crippen LogP contribution is -2.18. The first-order valence-electron chi connectivity index (χ1n) is 16.6. The quantitative estimate of drug-likeness (QED) is 0.132. The Morgan fingerprint density at radius 2 is 1.36 bits per heavy atom. The fourth-order valence-electron chi connectivity index (χ4n) is 6.56. The van der Waals surface area contributed by atoms with Gasteiger partial charge in [0.25, 0.3) is 5.91 Å². The molecule has 2 aromatic heterocycles. The maximum absolute atomic E-state index is 14.6. The molecule has 7 aromatic rings. The van der Waals surface area contributed by atoms with Crippen molar-refractivity contribution in [3.05, 3.63) is 147 Å². The highest BCUT2D eigenvalue weighted by molar-refractivity contribution is 6.31. The Hall–Kier alpha value is -6.61. The highest BCUT2D eigenvalue weighted by Crippen LogP contribution is 2.48. The van der Waals surface area contributed by atoms with E-state index < -0.39 is 46.6 Å². The summed E-state index contributed by atoms with van der Waals surface area (Å²) < 4.78 is 93.5. The molecule has 9 nitrogen and oxygen atoms in total. The number of alkyl halides is 6. The summed E-state index contributed by atoms with van der Waals surface area (Å²) in [6, 6.07) is 24.2. The van der Waals surface area contributed by atoms with Gasteiger partial charge in [0, 0.05) is 28.6 Å². The summed E-state index contributed by atoms with van der Waals surface area (Å²) in [6.45, 7) is 0. The van der Waals surface area contributed by atoms with Crippen molar-refractivity contribution in [1.29, 1.82) is 0 Å². The molecule has 0 atom stereocenters. The smallest absolute Gasteiger partial charge is 0.338 e. The molecule has 3 N–H and O–H groups in total. The van der Waals surface area contributed by atoms with Gasteiger partial charge in [-0.1, -0.05) is 83.5 Å². The van der Waals surface area contributed by atoms with Crippen molar-refractivity contribution in [3.8, 4) is 33.6 Å². The first-order valence-corrected chi connectivity index (χ1v) is 17.0. The summed E-state index contributed by atoms with van der Waals surface area (Å²) in [5, 5.41) is 9.30. The van der Waals surface area contributed by atoms with Gasteiger partial charge >= 0.3 is 18.1 Å². The highest BCUT2D eigenvalue weighted by atomic mass is 35.5. The van der Waals surface area contributed by atoms with Crippen LogP contribution in [0.2, 0.25) is 5.02 Å². The lowest BCUT2D eigenvalue weighted by atomic mass is 9.89. The monoisotopic (exact) mass is 789 g/mol. The van der Waals surface area contributed by atoms with Gasteiger partial charge < -0.3 is 15.2 Å². The zero-order chi connectivity index (χ0) is 39.9. The minimum absolute atomic E-state index is 0.00904. The Labute approximate surface area is 317 Å². The van der Waals surface area contributed by atoms with E-state index in [9.17, 15) is 40.7 Å². The van der Waals surface area contributed by atoms with Crippen LogP contribution < -0.4 is 16.4 Å². The molecule has 0 saturated carbocycles. The SMILES string of the molecule is Cn1c(C(=O)Nc2ccc(Cl)cc2-c2noc(=O)[nH]2)cc2c(-c3ccccc3C(F)(F)F)cc(-c3ccccc3C(F)(F)F)c(NC(=O)Cc3ccccc3)c21. The van der Waals surface area contributed by atoms with Crippen molar-refractivity contribution in [1.82, 2.24) is 14.7 Å². The normalized spacial score (nSPS) is 11.9. The highest BCUT2D eigenvalue weighted by Gasteiger charge is 2.37. The largest absolute Gasteiger partial charge is 0.439 e. The van der Waals surface area contributed by atoms with E-state index in [0.29, 0.717) is 5.56 Å². The minimum atomic E-state index is -4.91. The number of amides is 2. The van der Waals surface area contributed by atoms with Crippen LogP contribution >= 0.6 is 11.6 Å². The number of aromatic nitrogens is 3. The molecule has 0 unspecified atom stereocenters. The number of rotatable bonds is 8. The molecule has 0 aliphatic heterocycles. The molecule has 56 heavy (non-hydrogen) atoms. The van der Waals surface area contributed by atoms with E-state index in [1.165, 1.54) is 66.2 Å². The Bertz CT molecular complexity index is 2700. The number of benzene rings is 5. The molecule has 2 heterocycles. The molecular formula is C40H26ClF6N5O4. The number of nitrogens with one attached hydrogen (secondary N) is 3. The summed E-state index contributed by atoms with van der Waals surface area (Å²) in [4.78, 5) is 42.0. The second-order valence-electron chi connectivity index (χ2n) is 12.6. The van der Waals surface area contributed by atoms with Crippen LogP contribution in [0.3, 0.4) is 0 Å². The number of H-pyrrole nitrogens is 1. The number of hydrogen-bond donors (Lipinski definition) is 3. The van der Waals surface area contributed by atoms with Gasteiger partial charge in [0.15, 0.2) is 5.82 Å². The number of anilines is 2. The second-order valence-corrected chi connectivity index (χ2v) is 13.0. The van der Waals surface area contributed by atoms with Crippen molar-refractivity contribution >= 4 is 45.7 Å². The van der Waals surface area contributed by atoms with Crippen molar-refractivity contribution in [2.75, 3.05) is 10.6 Å². The van der Waals surface area contributed by atoms with E-state index in [4.69, 9.17) is 11.6 Å². The average molecular weight is 790 g/mol. The number of hydrogen-bond acceptors (Lipinski definition) is 5. The third-order valence-corrected chi connectivity index (χ3v) is 9.23. The van der Waals surface area contributed by atoms with Gasteiger partial charge in [0.1, 0.15) is 5.69 Å². The van der Waals surface area contributed by atoms with Crippen molar-refractivity contribution in [2.45, 2.75) is 18.8 Å². The van der Waals surface area contributed by atoms with Crippen LogP contribution in [0.5, 0.6) is 0 Å². The van der Waals surface area contributed by atoms with Crippen LogP contribution in [0.4, 0.5) is 37.7 Å². The predicted molar refractivity (Wildman–Crippen MR) is 198 cm³/mol. The van der Waals surface area contributed by atoms with Gasteiger partial charge in [-0.05, 0) is 64.7 Å². The topological polar surface area (TPSA) is 122 Å². The van der Waals surface area contributed by atoms with Gasteiger partial charge in [-0.2, -0.15) is 26.3 Å². The fourth-order valence-corrected chi connectivity index (χ4v) is 6.73. The van der Waals surface area contributed by atoms with Gasteiger partial charge in [-0.15, -0.1) is 0 Å². The summed E-state index contributed by atoms with van der Waals surface area (Å²) in [7, 11) is 1.39. The molecule has 0 fully saturated rings. The third-order valence-electron chi connectivity index (χ3n) is 8.99. The second kappa shape index (κ2) is 14.6. The van der Waals surface area contributed by atoms with E-state index in [1.807, 2.05) is 0 Å². The maximum Gasteiger partial charge on any atom is 0.439 e. The zero-order valence-electron chi connectivity index (χ0n) is 28.8. The molecule has 0 spiro atoms. The first kappa shape index (κ1) is 37.7. The number of halogens is 7. The number of nitrogens with zero attached hydrogens (tertiary/aromatic N) is 2. The van der Waals surface area contributed by atoms with Gasteiger partial charge in [-0.25, -0.2) is 4.79 Å². The maximum atomic E-state index is 14.6. The van der Waals surface area contributed by atoms with Crippen molar-refractivity contribution < 1.29 is 40.5 Å². The molecule has 0 aliphatic carbocycles. The molecule has 16 heteroatoms. The fraction of sp³-hybridized carbons (Fsp3) is 0.100. The lowest BCUT2D eigenvalue weighted by Gasteiger charge is -2.21. The Balaban J connectivity index is 1.50. The number of fused-ring (bicyclic) bond motifs is 1. The van der Waals surface area contributed by atoms with Gasteiger partial charge in [0.05, 0.1) is 34.4 Å². The third kappa shape index (κ3) is 7.40. The molecular weight excluding hydrogens is 764 g/mol. The van der Waals surface area contributed by atoms with E-state index in [0.717, 1.165) is 24.3 Å². The number of carbonyl (C=O) groups is 2. The Morgan fingerprint density at radius 1 is 0.750 bits per heavy atom. The molecule has 0 saturated heterocycles. The molecule has 5 aromatic carbocycles. The van der Waals surface area contributed by atoms with Crippen LogP contribution in [0.1, 0.15) is 27.2 Å². The van der Waals surface area contributed by atoms with Crippen molar-refractivity contribution in [2.24, 2.45) is 7.05 Å². The van der Waals surface area contributed by atoms with Crippen LogP contribution in [-0.4, -0.2) is 26.5 Å². The standard InChI is InChI=1S/C40H26ClF6N5O4/c1-52-32(37(54)48-31-16-15-22(41)18-28(31)36-50-38(55)56-51-36)20-27-25(23-11-5-7-13-29(23)39(42,43)44)19-26(24-12-6-8-14-30(24)40(45,46)47)34(35(27)52)49-33(53)17-21-9-3-2-4-10-21/h2-16,18-20H,17H2,1H3,(H,48,54)(H,49,53)(H,50,51,55). The van der Waals surface area contributed by atoms with Gasteiger partial charge in [0.2, 0.25) is 5.91 Å². The van der Waals surface area contributed by atoms with Crippen molar-refractivity contribution in [3.63, 3.8) is 0 Å². The lowest BCUT2D eigenvalue weighted by molar-refractivity contribution is -0.137. The number of aromatic amines is 1. The van der Waals surface area contributed by atoms with E-state index in [2.05, 4.69) is 25.3 Å². The molecule has 0 bridgehead atoms. The molecule has 284 valence electrons. The van der Waals surface area contributed by atoms with E-state index >= 15 is 0 Å². The Kier molecular flexibility index (Phi) is 9.80. The molecule has 7 rings (SSSR count). The van der Waals surface area contributed by atoms with Crippen LogP contribution in [0.25, 0.3) is 44.5 Å². The van der Waals surface area contributed by atoms with Crippen LogP contribution in [0.15, 0.2) is 119 Å². The van der Waals surface area contributed by atoms with Crippen LogP contribution in [0, 0.1) is 0 Å². The zero-order valence-corrected chi connectivity index (χ0v) is 29.5. The number of carbonyl (C=O) groups excluding carboxylic acids is 2. The summed E-state index contributed by atoms with van der Waals surface area (Å²) >= 11 is 6.19. The average Bonchev–Trinajstić information content (AvgIpc) is 3.75. The predicted octanol–water partition coefficient (Wildman–Crippen LogP) is 9.98. The Morgan fingerprint density at radius 3 is 1.96 bits per heavy atom. The first-order chi connectivity index (χ1) is 26.6. The summed E-state index contributed by atoms with van der Waals surface area (Å²) in [5.41, 5.74) is -3.00. The number of aryl methyl sites for hydroxylation is 1. The van der Waals surface area contributed by atoms with Gasteiger partial charge in [-0.3, -0.25) is 19.1 Å². The molecule has 0 aliphatic rings. The molecule has 0 radical (unpaired) electrons.